The van der Waals surface area contributed by atoms with Crippen LogP contribution in [0.25, 0.3) is 0 Å². The van der Waals surface area contributed by atoms with Gasteiger partial charge in [-0.2, -0.15) is 0 Å². The van der Waals surface area contributed by atoms with Crippen LogP contribution in [0, 0.1) is 0 Å². The van der Waals surface area contributed by atoms with E-state index in [1.165, 1.54) is 6.42 Å². The van der Waals surface area contributed by atoms with Crippen molar-refractivity contribution in [3.05, 3.63) is 63.8 Å². The van der Waals surface area contributed by atoms with Crippen molar-refractivity contribution >= 4 is 5.91 Å². The molecule has 2 aromatic rings. The Kier molecular flexibility index (Phi) is 5.25. The summed E-state index contributed by atoms with van der Waals surface area (Å²) in [5, 5.41) is 0. The van der Waals surface area contributed by atoms with Gasteiger partial charge in [0.1, 0.15) is 0 Å². The fraction of sp³-hybridized carbons (Fsp3) is 0.476. The standard InChI is InChI=1S/C21H27N3O2/c1-21(2,3)18-13-19(25)24(15-22-18)14-16-8-7-9-17(12-16)20(26)23-10-5-4-6-11-23/h7-9,12-13,15H,4-6,10-11,14H2,1-3H3. The summed E-state index contributed by atoms with van der Waals surface area (Å²) in [6.45, 7) is 8.19. The molecule has 5 nitrogen and oxygen atoms in total. The number of aromatic nitrogens is 2. The maximum atomic E-state index is 12.7. The van der Waals surface area contributed by atoms with E-state index in [2.05, 4.69) is 4.98 Å². The number of carbonyl (C=O) groups is 1. The van der Waals surface area contributed by atoms with E-state index in [4.69, 9.17) is 0 Å². The second-order valence-electron chi connectivity index (χ2n) is 8.04. The van der Waals surface area contributed by atoms with Crippen LogP contribution in [-0.2, 0) is 12.0 Å². The molecule has 0 bridgehead atoms. The van der Waals surface area contributed by atoms with Crippen molar-refractivity contribution < 1.29 is 4.79 Å². The summed E-state index contributed by atoms with van der Waals surface area (Å²) >= 11 is 0. The molecule has 0 radical (unpaired) electrons. The lowest BCUT2D eigenvalue weighted by atomic mass is 9.92. The van der Waals surface area contributed by atoms with E-state index in [9.17, 15) is 9.59 Å². The molecule has 0 spiro atoms. The molecular formula is C21H27N3O2. The van der Waals surface area contributed by atoms with Gasteiger partial charge in [-0.25, -0.2) is 4.98 Å². The molecule has 26 heavy (non-hydrogen) atoms. The van der Waals surface area contributed by atoms with E-state index >= 15 is 0 Å². The van der Waals surface area contributed by atoms with Gasteiger partial charge in [0.25, 0.3) is 11.5 Å². The Balaban J connectivity index is 1.79. The Hall–Kier alpha value is -2.43. The molecule has 5 heteroatoms. The number of benzene rings is 1. The quantitative estimate of drug-likeness (QED) is 0.851. The van der Waals surface area contributed by atoms with Gasteiger partial charge < -0.3 is 4.90 Å². The summed E-state index contributed by atoms with van der Waals surface area (Å²) in [5.74, 6) is 0.0834. The van der Waals surface area contributed by atoms with E-state index in [0.29, 0.717) is 12.1 Å². The predicted octanol–water partition coefficient (Wildman–Crippen LogP) is 3.22. The number of likely N-dealkylation sites (tertiary alicyclic amines) is 1. The number of rotatable bonds is 3. The first-order valence-corrected chi connectivity index (χ1v) is 9.30. The minimum atomic E-state index is -0.154. The summed E-state index contributed by atoms with van der Waals surface area (Å²) in [7, 11) is 0. The van der Waals surface area contributed by atoms with E-state index in [-0.39, 0.29) is 16.9 Å². The number of hydrogen-bond donors (Lipinski definition) is 0. The zero-order valence-electron chi connectivity index (χ0n) is 15.9. The second kappa shape index (κ2) is 7.44. The normalized spacial score (nSPS) is 15.1. The van der Waals surface area contributed by atoms with E-state index in [1.54, 1.807) is 17.0 Å². The minimum Gasteiger partial charge on any atom is -0.339 e. The van der Waals surface area contributed by atoms with Gasteiger partial charge in [-0.3, -0.25) is 14.2 Å². The van der Waals surface area contributed by atoms with Crippen LogP contribution in [0.1, 0.15) is 61.6 Å². The van der Waals surface area contributed by atoms with E-state index in [0.717, 1.165) is 37.2 Å². The van der Waals surface area contributed by atoms with E-state index in [1.807, 2.05) is 49.9 Å². The van der Waals surface area contributed by atoms with Gasteiger partial charge in [-0.05, 0) is 37.0 Å². The van der Waals surface area contributed by atoms with Crippen LogP contribution in [0.2, 0.25) is 0 Å². The van der Waals surface area contributed by atoms with Crippen LogP contribution >= 0.6 is 0 Å². The van der Waals surface area contributed by atoms with E-state index < -0.39 is 0 Å². The summed E-state index contributed by atoms with van der Waals surface area (Å²) in [5.41, 5.74) is 2.18. The molecule has 1 amide bonds. The van der Waals surface area contributed by atoms with Crippen molar-refractivity contribution in [1.82, 2.24) is 14.5 Å². The highest BCUT2D eigenvalue weighted by Gasteiger charge is 2.19. The van der Waals surface area contributed by atoms with Crippen molar-refractivity contribution in [3.63, 3.8) is 0 Å². The average Bonchev–Trinajstić information content (AvgIpc) is 2.63. The zero-order valence-corrected chi connectivity index (χ0v) is 15.9. The Labute approximate surface area is 154 Å². The van der Waals surface area contributed by atoms with Crippen molar-refractivity contribution in [3.8, 4) is 0 Å². The fourth-order valence-electron chi connectivity index (χ4n) is 3.23. The molecule has 1 aromatic heterocycles. The number of carbonyl (C=O) groups excluding carboxylic acids is 1. The SMILES string of the molecule is CC(C)(C)c1cc(=O)n(Cc2cccc(C(=O)N3CCCCC3)c2)cn1. The molecule has 1 aliphatic heterocycles. The topological polar surface area (TPSA) is 55.2 Å². The molecule has 1 aromatic carbocycles. The summed E-state index contributed by atoms with van der Waals surface area (Å²) in [6.07, 6.45) is 4.95. The molecule has 0 unspecified atom stereocenters. The molecule has 3 rings (SSSR count). The lowest BCUT2D eigenvalue weighted by molar-refractivity contribution is 0.0724. The predicted molar refractivity (Wildman–Crippen MR) is 102 cm³/mol. The largest absolute Gasteiger partial charge is 0.339 e. The molecule has 0 saturated carbocycles. The molecule has 0 atom stereocenters. The van der Waals surface area contributed by atoms with Crippen LogP contribution in [0.5, 0.6) is 0 Å². The smallest absolute Gasteiger partial charge is 0.253 e. The summed E-state index contributed by atoms with van der Waals surface area (Å²) < 4.78 is 1.58. The zero-order chi connectivity index (χ0) is 18.7. The van der Waals surface area contributed by atoms with Crippen molar-refractivity contribution in [2.75, 3.05) is 13.1 Å². The molecular weight excluding hydrogens is 326 g/mol. The van der Waals surface area contributed by atoms with Crippen molar-refractivity contribution in [2.24, 2.45) is 0 Å². The minimum absolute atomic E-state index is 0.0716. The lowest BCUT2D eigenvalue weighted by Gasteiger charge is -2.26. The second-order valence-corrected chi connectivity index (χ2v) is 8.04. The molecule has 138 valence electrons. The summed E-state index contributed by atoms with van der Waals surface area (Å²) in [6, 6.07) is 9.17. The third-order valence-electron chi connectivity index (χ3n) is 4.82. The molecule has 2 heterocycles. The highest BCUT2D eigenvalue weighted by molar-refractivity contribution is 5.94. The number of piperidine rings is 1. The monoisotopic (exact) mass is 353 g/mol. The van der Waals surface area contributed by atoms with Crippen LogP contribution in [0.4, 0.5) is 0 Å². The molecule has 0 N–H and O–H groups in total. The molecule has 1 fully saturated rings. The summed E-state index contributed by atoms with van der Waals surface area (Å²) in [4.78, 5) is 31.4. The van der Waals surface area contributed by atoms with Gasteiger partial charge in [0.05, 0.1) is 18.6 Å². The maximum Gasteiger partial charge on any atom is 0.253 e. The highest BCUT2D eigenvalue weighted by atomic mass is 16.2. The Bertz CT molecular complexity index is 843. The van der Waals surface area contributed by atoms with Crippen LogP contribution in [0.3, 0.4) is 0 Å². The molecule has 1 saturated heterocycles. The van der Waals surface area contributed by atoms with Crippen LogP contribution in [-0.4, -0.2) is 33.4 Å². The van der Waals surface area contributed by atoms with Crippen LogP contribution < -0.4 is 5.56 Å². The fourth-order valence-corrected chi connectivity index (χ4v) is 3.23. The van der Waals surface area contributed by atoms with Gasteiger partial charge in [0, 0.05) is 30.1 Å². The first kappa shape index (κ1) is 18.4. The van der Waals surface area contributed by atoms with Crippen LogP contribution in [0.15, 0.2) is 41.5 Å². The number of nitrogens with zero attached hydrogens (tertiary/aromatic N) is 3. The van der Waals surface area contributed by atoms with Gasteiger partial charge in [-0.1, -0.05) is 32.9 Å². The molecule has 1 aliphatic rings. The Morgan fingerprint density at radius 3 is 2.50 bits per heavy atom. The third-order valence-corrected chi connectivity index (χ3v) is 4.82. The van der Waals surface area contributed by atoms with Gasteiger partial charge in [0.2, 0.25) is 0 Å². The number of hydrogen-bond acceptors (Lipinski definition) is 3. The Morgan fingerprint density at radius 2 is 1.85 bits per heavy atom. The van der Waals surface area contributed by atoms with Gasteiger partial charge >= 0.3 is 0 Å². The average molecular weight is 353 g/mol. The highest BCUT2D eigenvalue weighted by Crippen LogP contribution is 2.18. The Morgan fingerprint density at radius 1 is 1.12 bits per heavy atom. The van der Waals surface area contributed by atoms with Gasteiger partial charge in [0.15, 0.2) is 0 Å². The first-order chi connectivity index (χ1) is 12.3. The third kappa shape index (κ3) is 4.21. The maximum absolute atomic E-state index is 12.7. The van der Waals surface area contributed by atoms with Crippen molar-refractivity contribution in [1.29, 1.82) is 0 Å². The van der Waals surface area contributed by atoms with Gasteiger partial charge in [-0.15, -0.1) is 0 Å². The lowest BCUT2D eigenvalue weighted by Crippen LogP contribution is -2.35. The molecule has 0 aliphatic carbocycles. The van der Waals surface area contributed by atoms with Crippen molar-refractivity contribution in [2.45, 2.75) is 52.0 Å². The number of amides is 1. The first-order valence-electron chi connectivity index (χ1n) is 9.30.